The number of anilines is 1. The van der Waals surface area contributed by atoms with Crippen molar-refractivity contribution in [3.05, 3.63) is 24.0 Å². The predicted molar refractivity (Wildman–Crippen MR) is 53.5 cm³/mol. The molecule has 0 saturated heterocycles. The number of hydrogen-bond donors (Lipinski definition) is 1. The van der Waals surface area contributed by atoms with Crippen LogP contribution in [0.2, 0.25) is 0 Å². The highest BCUT2D eigenvalue weighted by Crippen LogP contribution is 2.04. The van der Waals surface area contributed by atoms with E-state index in [0.29, 0.717) is 5.82 Å². The number of aryl methyl sites for hydroxylation is 1. The Kier molecular flexibility index (Phi) is 2.84. The SMILES string of the molecule is CC.Cc1ccc2nc(N)cn2n1. The molecule has 4 heteroatoms. The van der Waals surface area contributed by atoms with Crippen LogP contribution in [-0.2, 0) is 0 Å². The van der Waals surface area contributed by atoms with Crippen molar-refractivity contribution in [1.29, 1.82) is 0 Å². The third-order valence-electron chi connectivity index (χ3n) is 1.47. The third-order valence-corrected chi connectivity index (χ3v) is 1.47. The largest absolute Gasteiger partial charge is 0.382 e. The third kappa shape index (κ3) is 1.96. The monoisotopic (exact) mass is 178 g/mol. The zero-order valence-corrected chi connectivity index (χ0v) is 8.15. The predicted octanol–water partition coefficient (Wildman–Crippen LogP) is 1.65. The number of rotatable bonds is 0. The fourth-order valence-electron chi connectivity index (χ4n) is 0.996. The number of fused-ring (bicyclic) bond motifs is 1. The molecule has 0 radical (unpaired) electrons. The van der Waals surface area contributed by atoms with E-state index in [4.69, 9.17) is 5.73 Å². The van der Waals surface area contributed by atoms with Gasteiger partial charge in [-0.2, -0.15) is 5.10 Å². The van der Waals surface area contributed by atoms with Crippen LogP contribution in [0.25, 0.3) is 5.65 Å². The summed E-state index contributed by atoms with van der Waals surface area (Å²) in [6, 6.07) is 3.79. The summed E-state index contributed by atoms with van der Waals surface area (Å²) in [5.74, 6) is 0.503. The quantitative estimate of drug-likeness (QED) is 0.667. The van der Waals surface area contributed by atoms with E-state index >= 15 is 0 Å². The van der Waals surface area contributed by atoms with Crippen LogP contribution in [0.15, 0.2) is 18.3 Å². The summed E-state index contributed by atoms with van der Waals surface area (Å²) in [7, 11) is 0. The van der Waals surface area contributed by atoms with Crippen molar-refractivity contribution in [3.63, 3.8) is 0 Å². The minimum atomic E-state index is 0.503. The number of aromatic nitrogens is 3. The van der Waals surface area contributed by atoms with E-state index in [9.17, 15) is 0 Å². The Morgan fingerprint density at radius 2 is 2.00 bits per heavy atom. The van der Waals surface area contributed by atoms with Crippen LogP contribution < -0.4 is 5.73 Å². The van der Waals surface area contributed by atoms with Gasteiger partial charge in [-0.3, -0.25) is 0 Å². The van der Waals surface area contributed by atoms with Crippen molar-refractivity contribution in [2.24, 2.45) is 0 Å². The van der Waals surface area contributed by atoms with Gasteiger partial charge in [-0.1, -0.05) is 13.8 Å². The molecule has 0 unspecified atom stereocenters. The highest BCUT2D eigenvalue weighted by molar-refractivity contribution is 5.44. The zero-order valence-electron chi connectivity index (χ0n) is 8.15. The Morgan fingerprint density at radius 1 is 1.31 bits per heavy atom. The smallest absolute Gasteiger partial charge is 0.155 e. The Morgan fingerprint density at radius 3 is 2.69 bits per heavy atom. The van der Waals surface area contributed by atoms with Crippen LogP contribution in [0.3, 0.4) is 0 Å². The molecule has 0 aliphatic rings. The fraction of sp³-hybridized carbons (Fsp3) is 0.333. The lowest BCUT2D eigenvalue weighted by Gasteiger charge is -1.91. The van der Waals surface area contributed by atoms with E-state index in [2.05, 4.69) is 10.1 Å². The topological polar surface area (TPSA) is 56.2 Å². The van der Waals surface area contributed by atoms with E-state index in [1.54, 1.807) is 10.7 Å². The zero-order chi connectivity index (χ0) is 9.84. The van der Waals surface area contributed by atoms with Gasteiger partial charge in [0.1, 0.15) is 5.82 Å². The van der Waals surface area contributed by atoms with Crippen LogP contribution in [0.1, 0.15) is 19.5 Å². The first-order valence-corrected chi connectivity index (χ1v) is 4.34. The van der Waals surface area contributed by atoms with Crippen molar-refractivity contribution in [3.8, 4) is 0 Å². The molecule has 2 aromatic heterocycles. The van der Waals surface area contributed by atoms with Crippen LogP contribution >= 0.6 is 0 Å². The number of nitrogens with two attached hydrogens (primary N) is 1. The summed E-state index contributed by atoms with van der Waals surface area (Å²) in [5, 5.41) is 4.17. The number of hydrogen-bond acceptors (Lipinski definition) is 3. The highest BCUT2D eigenvalue weighted by Gasteiger charge is 1.96. The second-order valence-corrected chi connectivity index (χ2v) is 2.44. The summed E-state index contributed by atoms with van der Waals surface area (Å²) < 4.78 is 1.67. The molecule has 0 saturated carbocycles. The van der Waals surface area contributed by atoms with Crippen LogP contribution in [-0.4, -0.2) is 14.6 Å². The molecule has 0 amide bonds. The van der Waals surface area contributed by atoms with Crippen molar-refractivity contribution < 1.29 is 0 Å². The van der Waals surface area contributed by atoms with Crippen molar-refractivity contribution in [2.75, 3.05) is 5.73 Å². The Hall–Kier alpha value is -1.58. The van der Waals surface area contributed by atoms with Gasteiger partial charge in [0.2, 0.25) is 0 Å². The first kappa shape index (κ1) is 9.51. The molecule has 0 aliphatic heterocycles. The Labute approximate surface area is 77.4 Å². The summed E-state index contributed by atoms with van der Waals surface area (Å²) in [6.07, 6.45) is 1.70. The van der Waals surface area contributed by atoms with Gasteiger partial charge >= 0.3 is 0 Å². The standard InChI is InChI=1S/C7H8N4.C2H6/c1-5-2-3-7-9-6(8)4-11(7)10-5;1-2/h2-4H,8H2,1H3;1-2H3. The van der Waals surface area contributed by atoms with E-state index in [1.807, 2.05) is 32.9 Å². The van der Waals surface area contributed by atoms with Crippen molar-refractivity contribution >= 4 is 11.5 Å². The summed E-state index contributed by atoms with van der Waals surface area (Å²) in [5.41, 5.74) is 7.21. The minimum Gasteiger partial charge on any atom is -0.382 e. The molecule has 13 heavy (non-hydrogen) atoms. The van der Waals surface area contributed by atoms with Crippen LogP contribution in [0.5, 0.6) is 0 Å². The molecule has 70 valence electrons. The lowest BCUT2D eigenvalue weighted by molar-refractivity contribution is 0.901. The summed E-state index contributed by atoms with van der Waals surface area (Å²) >= 11 is 0. The molecular formula is C9H14N4. The summed E-state index contributed by atoms with van der Waals surface area (Å²) in [6.45, 7) is 5.93. The average molecular weight is 178 g/mol. The van der Waals surface area contributed by atoms with Crippen LogP contribution in [0.4, 0.5) is 5.82 Å². The summed E-state index contributed by atoms with van der Waals surface area (Å²) in [4.78, 5) is 4.03. The first-order valence-electron chi connectivity index (χ1n) is 4.34. The molecule has 2 aromatic rings. The molecule has 0 spiro atoms. The molecule has 0 bridgehead atoms. The van der Waals surface area contributed by atoms with Crippen molar-refractivity contribution in [2.45, 2.75) is 20.8 Å². The number of nitrogen functional groups attached to an aromatic ring is 1. The molecule has 2 rings (SSSR count). The maximum Gasteiger partial charge on any atom is 0.155 e. The highest BCUT2D eigenvalue weighted by atomic mass is 15.3. The Bertz CT molecular complexity index is 391. The van der Waals surface area contributed by atoms with Gasteiger partial charge in [0.15, 0.2) is 5.65 Å². The molecule has 0 aromatic carbocycles. The molecule has 2 N–H and O–H groups in total. The van der Waals surface area contributed by atoms with Crippen molar-refractivity contribution in [1.82, 2.24) is 14.6 Å². The molecule has 0 atom stereocenters. The van der Waals surface area contributed by atoms with Gasteiger partial charge in [-0.25, -0.2) is 9.50 Å². The molecule has 0 aliphatic carbocycles. The second-order valence-electron chi connectivity index (χ2n) is 2.44. The number of nitrogens with zero attached hydrogens (tertiary/aromatic N) is 3. The van der Waals surface area contributed by atoms with Gasteiger partial charge in [0.05, 0.1) is 11.9 Å². The van der Waals surface area contributed by atoms with E-state index in [0.717, 1.165) is 11.3 Å². The second kappa shape index (κ2) is 3.89. The fourth-order valence-corrected chi connectivity index (χ4v) is 0.996. The maximum absolute atomic E-state index is 5.47. The molecule has 4 nitrogen and oxygen atoms in total. The van der Waals surface area contributed by atoms with Gasteiger partial charge < -0.3 is 5.73 Å². The first-order chi connectivity index (χ1) is 6.25. The molecular weight excluding hydrogens is 164 g/mol. The van der Waals surface area contributed by atoms with Gasteiger partial charge in [-0.15, -0.1) is 0 Å². The normalized spacial score (nSPS) is 9.46. The molecule has 2 heterocycles. The van der Waals surface area contributed by atoms with E-state index < -0.39 is 0 Å². The lowest BCUT2D eigenvalue weighted by atomic mass is 10.4. The molecule has 0 fully saturated rings. The lowest BCUT2D eigenvalue weighted by Crippen LogP contribution is -1.91. The van der Waals surface area contributed by atoms with E-state index in [1.165, 1.54) is 0 Å². The van der Waals surface area contributed by atoms with Crippen LogP contribution in [0, 0.1) is 6.92 Å². The van der Waals surface area contributed by atoms with Gasteiger partial charge in [0.25, 0.3) is 0 Å². The number of imidazole rings is 1. The van der Waals surface area contributed by atoms with Gasteiger partial charge in [0, 0.05) is 0 Å². The average Bonchev–Trinajstić information content (AvgIpc) is 2.48. The maximum atomic E-state index is 5.47. The van der Waals surface area contributed by atoms with E-state index in [-0.39, 0.29) is 0 Å². The minimum absolute atomic E-state index is 0.503. The van der Waals surface area contributed by atoms with Gasteiger partial charge in [-0.05, 0) is 19.1 Å². The Balaban J connectivity index is 0.000000396.